The third-order valence-corrected chi connectivity index (χ3v) is 7.11. The minimum Gasteiger partial charge on any atom is -0.491 e. The summed E-state index contributed by atoms with van der Waals surface area (Å²) in [4.78, 5) is 37.7. The zero-order valence-corrected chi connectivity index (χ0v) is 22.2. The number of nitrogens with zero attached hydrogens (tertiary/aromatic N) is 4. The van der Waals surface area contributed by atoms with E-state index in [0.717, 1.165) is 17.3 Å². The van der Waals surface area contributed by atoms with Crippen LogP contribution in [0.4, 0.5) is 18.0 Å². The molecule has 0 unspecified atom stereocenters. The number of rotatable bonds is 7. The molecular weight excluding hydrogens is 563 g/mol. The summed E-state index contributed by atoms with van der Waals surface area (Å²) in [6, 6.07) is 2.31. The number of carbonyl (C=O) groups is 2. The van der Waals surface area contributed by atoms with Gasteiger partial charge < -0.3 is 24.8 Å². The van der Waals surface area contributed by atoms with Crippen molar-refractivity contribution in [2.24, 2.45) is 0 Å². The van der Waals surface area contributed by atoms with Gasteiger partial charge in [-0.15, -0.1) is 11.3 Å². The second-order valence-corrected chi connectivity index (χ2v) is 10.3. The minimum atomic E-state index is -4.68. The Balaban J connectivity index is 1.56. The van der Waals surface area contributed by atoms with Gasteiger partial charge in [0, 0.05) is 41.1 Å². The Morgan fingerprint density at radius 1 is 1.28 bits per heavy atom. The summed E-state index contributed by atoms with van der Waals surface area (Å²) in [5.74, 6) is -1.62. The third kappa shape index (κ3) is 6.94. The minimum absolute atomic E-state index is 0.0160. The summed E-state index contributed by atoms with van der Waals surface area (Å²) >= 11 is 7.99. The summed E-state index contributed by atoms with van der Waals surface area (Å²) in [5, 5.41) is 12.6. The van der Waals surface area contributed by atoms with Crippen LogP contribution in [0.2, 0.25) is 5.02 Å². The summed E-state index contributed by atoms with van der Waals surface area (Å²) in [6.45, 7) is 4.06. The van der Waals surface area contributed by atoms with Gasteiger partial charge in [-0.2, -0.15) is 13.2 Å². The highest BCUT2D eigenvalue weighted by Crippen LogP contribution is 2.37. The molecule has 208 valence electrons. The predicted octanol–water partition coefficient (Wildman–Crippen LogP) is 4.83. The first-order valence-electron chi connectivity index (χ1n) is 11.6. The molecule has 0 saturated carbocycles. The number of alkyl halides is 3. The molecule has 39 heavy (non-hydrogen) atoms. The average molecular weight is 586 g/mol. The zero-order valence-electron chi connectivity index (χ0n) is 20.7. The first kappa shape index (κ1) is 28.5. The van der Waals surface area contributed by atoms with Gasteiger partial charge in [0.25, 0.3) is 5.91 Å². The molecule has 3 heterocycles. The van der Waals surface area contributed by atoms with Crippen LogP contribution in [0.3, 0.4) is 0 Å². The molecule has 0 bridgehead atoms. The van der Waals surface area contributed by atoms with E-state index in [9.17, 15) is 27.9 Å². The molecule has 0 aliphatic carbocycles. The third-order valence-electron chi connectivity index (χ3n) is 5.76. The summed E-state index contributed by atoms with van der Waals surface area (Å²) < 4.78 is 49.9. The number of thiazole rings is 1. The lowest BCUT2D eigenvalue weighted by atomic mass is 10.1. The first-order valence-corrected chi connectivity index (χ1v) is 12.8. The lowest BCUT2D eigenvalue weighted by molar-refractivity contribution is -0.145. The smallest absolute Gasteiger partial charge is 0.451 e. The Bertz CT molecular complexity index is 1350. The molecule has 2 amide bonds. The average Bonchev–Trinajstić information content (AvgIpc) is 3.33. The van der Waals surface area contributed by atoms with E-state index in [4.69, 9.17) is 21.1 Å². The van der Waals surface area contributed by atoms with Crippen molar-refractivity contribution in [1.29, 1.82) is 0 Å². The summed E-state index contributed by atoms with van der Waals surface area (Å²) in [7, 11) is 0. The van der Waals surface area contributed by atoms with Gasteiger partial charge in [0.05, 0.1) is 29.8 Å². The Hall–Kier alpha value is -3.49. The first-order chi connectivity index (χ1) is 18.4. The Morgan fingerprint density at radius 2 is 2.00 bits per heavy atom. The SMILES string of the molecule is Cc1cnc(-c2cc(OC[C@H]3CN(C(=O)O)CCO3)cc(C(=O)N[C@H](C)c3cnc(C(F)(F)F)nc3)c2Cl)s1. The molecule has 4 rings (SSSR count). The molecule has 1 fully saturated rings. The van der Waals surface area contributed by atoms with Gasteiger partial charge in [-0.1, -0.05) is 11.6 Å². The maximum atomic E-state index is 13.3. The quantitative estimate of drug-likeness (QED) is 0.404. The normalized spacial score (nSPS) is 16.6. The number of nitrogens with one attached hydrogen (secondary N) is 1. The number of aryl methyl sites for hydroxylation is 1. The maximum Gasteiger partial charge on any atom is 0.451 e. The number of halogens is 4. The fraction of sp³-hybridized carbons (Fsp3) is 0.375. The van der Waals surface area contributed by atoms with Gasteiger partial charge in [0.2, 0.25) is 5.82 Å². The van der Waals surface area contributed by atoms with Gasteiger partial charge in [0.1, 0.15) is 23.5 Å². The number of ether oxygens (including phenoxy) is 2. The van der Waals surface area contributed by atoms with Crippen molar-refractivity contribution in [3.63, 3.8) is 0 Å². The molecule has 2 atom stereocenters. The van der Waals surface area contributed by atoms with Crippen molar-refractivity contribution in [2.45, 2.75) is 32.2 Å². The molecule has 3 aromatic rings. The molecule has 1 saturated heterocycles. The largest absolute Gasteiger partial charge is 0.491 e. The van der Waals surface area contributed by atoms with Crippen LogP contribution in [0, 0.1) is 6.92 Å². The fourth-order valence-corrected chi connectivity index (χ4v) is 4.86. The molecule has 0 radical (unpaired) electrons. The van der Waals surface area contributed by atoms with Gasteiger partial charge in [-0.25, -0.2) is 19.7 Å². The van der Waals surface area contributed by atoms with Crippen molar-refractivity contribution < 1.29 is 37.3 Å². The monoisotopic (exact) mass is 585 g/mol. The molecule has 0 spiro atoms. The Kier molecular flexibility index (Phi) is 8.57. The summed E-state index contributed by atoms with van der Waals surface area (Å²) in [6.07, 6.45) is -2.60. The van der Waals surface area contributed by atoms with Crippen molar-refractivity contribution in [1.82, 2.24) is 25.2 Å². The van der Waals surface area contributed by atoms with Crippen molar-refractivity contribution in [3.8, 4) is 16.3 Å². The van der Waals surface area contributed by atoms with Crippen LogP contribution in [0.25, 0.3) is 10.6 Å². The molecule has 2 N–H and O–H groups in total. The van der Waals surface area contributed by atoms with Crippen LogP contribution in [0.5, 0.6) is 5.75 Å². The lowest BCUT2D eigenvalue weighted by Gasteiger charge is -2.30. The van der Waals surface area contributed by atoms with E-state index in [0.29, 0.717) is 10.6 Å². The number of carboxylic acid groups (broad SMARTS) is 1. The van der Waals surface area contributed by atoms with Crippen LogP contribution in [-0.2, 0) is 10.9 Å². The Morgan fingerprint density at radius 3 is 2.62 bits per heavy atom. The van der Waals surface area contributed by atoms with Gasteiger partial charge in [-0.3, -0.25) is 4.79 Å². The number of aromatic nitrogens is 3. The number of hydrogen-bond acceptors (Lipinski definition) is 8. The zero-order chi connectivity index (χ0) is 28.3. The van der Waals surface area contributed by atoms with E-state index in [1.807, 2.05) is 6.92 Å². The van der Waals surface area contributed by atoms with Gasteiger partial charge >= 0.3 is 12.3 Å². The highest BCUT2D eigenvalue weighted by Gasteiger charge is 2.34. The number of benzene rings is 1. The van der Waals surface area contributed by atoms with E-state index in [1.54, 1.807) is 19.2 Å². The highest BCUT2D eigenvalue weighted by molar-refractivity contribution is 7.15. The predicted molar refractivity (Wildman–Crippen MR) is 135 cm³/mol. The molecular formula is C24H23ClF3N5O5S. The molecule has 1 aliphatic heterocycles. The molecule has 10 nitrogen and oxygen atoms in total. The van der Waals surface area contributed by atoms with Gasteiger partial charge in [0.15, 0.2) is 0 Å². The number of morpholine rings is 1. The van der Waals surface area contributed by atoms with Crippen LogP contribution in [0.1, 0.15) is 39.6 Å². The van der Waals surface area contributed by atoms with Crippen LogP contribution in [0.15, 0.2) is 30.7 Å². The van der Waals surface area contributed by atoms with E-state index in [2.05, 4.69) is 20.3 Å². The van der Waals surface area contributed by atoms with Crippen LogP contribution in [-0.4, -0.2) is 69.4 Å². The molecule has 1 aliphatic rings. The van der Waals surface area contributed by atoms with Gasteiger partial charge in [-0.05, 0) is 26.0 Å². The second kappa shape index (κ2) is 11.7. The Labute approximate surface area is 229 Å². The number of hydrogen-bond donors (Lipinski definition) is 2. The van der Waals surface area contributed by atoms with Crippen molar-refractivity contribution >= 4 is 34.9 Å². The van der Waals surface area contributed by atoms with Crippen molar-refractivity contribution in [3.05, 3.63) is 57.6 Å². The topological polar surface area (TPSA) is 127 Å². The van der Waals surface area contributed by atoms with Crippen LogP contribution < -0.4 is 10.1 Å². The van der Waals surface area contributed by atoms with Crippen LogP contribution >= 0.6 is 22.9 Å². The van der Waals surface area contributed by atoms with E-state index in [-0.39, 0.29) is 48.2 Å². The lowest BCUT2D eigenvalue weighted by Crippen LogP contribution is -2.47. The molecule has 2 aromatic heterocycles. The van der Waals surface area contributed by atoms with E-state index in [1.165, 1.54) is 22.3 Å². The second-order valence-electron chi connectivity index (χ2n) is 8.67. The maximum absolute atomic E-state index is 13.3. The number of carbonyl (C=O) groups excluding carboxylic acids is 1. The van der Waals surface area contributed by atoms with E-state index >= 15 is 0 Å². The molecule has 15 heteroatoms. The van der Waals surface area contributed by atoms with Crippen molar-refractivity contribution in [2.75, 3.05) is 26.3 Å². The van der Waals surface area contributed by atoms with E-state index < -0.39 is 36.1 Å². The fourth-order valence-electron chi connectivity index (χ4n) is 3.73. The standard InChI is InChI=1S/C24H23ClF3N5O5S/c1-12-7-29-21(39-12)18-6-15(38-11-16-10-33(23(35)36)3-4-37-16)5-17(19(18)25)20(34)32-13(2)14-8-30-22(31-9-14)24(26,27)28/h5-9,13,16H,3-4,10-11H2,1-2H3,(H,32,34)(H,35,36)/t13-,16-/m1/s1. The molecule has 1 aromatic carbocycles. The highest BCUT2D eigenvalue weighted by atomic mass is 35.5. The number of amides is 2. The summed E-state index contributed by atoms with van der Waals surface area (Å²) in [5.41, 5.74) is 0.751.